The third kappa shape index (κ3) is 6.48. The maximum Gasteiger partial charge on any atom is 0.408 e. The SMILES string of the molecule is CC(C)(C)OC(=O)N[C@@H](Cc1ccc(Br)cc1Br)C(=O)O. The highest BCUT2D eigenvalue weighted by atomic mass is 79.9. The number of carbonyl (C=O) groups excluding carboxylic acids is 1. The van der Waals surface area contributed by atoms with Crippen LogP contribution in [0.1, 0.15) is 26.3 Å². The number of ether oxygens (including phenoxy) is 1. The van der Waals surface area contributed by atoms with E-state index in [1.807, 2.05) is 12.1 Å². The van der Waals surface area contributed by atoms with E-state index in [0.29, 0.717) is 0 Å². The highest BCUT2D eigenvalue weighted by molar-refractivity contribution is 9.11. The van der Waals surface area contributed by atoms with Gasteiger partial charge in [-0.1, -0.05) is 37.9 Å². The summed E-state index contributed by atoms with van der Waals surface area (Å²) in [4.78, 5) is 23.0. The van der Waals surface area contributed by atoms with Crippen LogP contribution in [0.4, 0.5) is 4.79 Å². The number of carboxylic acids is 1. The summed E-state index contributed by atoms with van der Waals surface area (Å²) in [5, 5.41) is 11.6. The van der Waals surface area contributed by atoms with Gasteiger partial charge in [-0.25, -0.2) is 9.59 Å². The smallest absolute Gasteiger partial charge is 0.408 e. The fraction of sp³-hybridized carbons (Fsp3) is 0.429. The lowest BCUT2D eigenvalue weighted by Crippen LogP contribution is -2.44. The summed E-state index contributed by atoms with van der Waals surface area (Å²) < 4.78 is 6.72. The Balaban J connectivity index is 2.79. The largest absolute Gasteiger partial charge is 0.480 e. The maximum absolute atomic E-state index is 11.7. The molecule has 1 aromatic carbocycles. The van der Waals surface area contributed by atoms with Gasteiger partial charge in [-0.05, 0) is 38.5 Å². The second-order valence-corrected chi connectivity index (χ2v) is 7.25. The molecular weight excluding hydrogens is 406 g/mol. The highest BCUT2D eigenvalue weighted by Gasteiger charge is 2.24. The summed E-state index contributed by atoms with van der Waals surface area (Å²) in [6.07, 6.45) is -0.592. The van der Waals surface area contributed by atoms with Crippen molar-refractivity contribution in [3.05, 3.63) is 32.7 Å². The molecule has 0 heterocycles. The van der Waals surface area contributed by atoms with Gasteiger partial charge < -0.3 is 15.2 Å². The van der Waals surface area contributed by atoms with Crippen molar-refractivity contribution in [1.82, 2.24) is 5.32 Å². The zero-order chi connectivity index (χ0) is 16.2. The van der Waals surface area contributed by atoms with Crippen LogP contribution in [0.2, 0.25) is 0 Å². The maximum atomic E-state index is 11.7. The highest BCUT2D eigenvalue weighted by Crippen LogP contribution is 2.23. The summed E-state index contributed by atoms with van der Waals surface area (Å²) in [5.41, 5.74) is 0.104. The second kappa shape index (κ2) is 7.26. The number of hydrogen-bond donors (Lipinski definition) is 2. The topological polar surface area (TPSA) is 75.6 Å². The Morgan fingerprint density at radius 2 is 1.95 bits per heavy atom. The van der Waals surface area contributed by atoms with Crippen molar-refractivity contribution in [3.8, 4) is 0 Å². The van der Waals surface area contributed by atoms with E-state index in [1.54, 1.807) is 26.8 Å². The predicted molar refractivity (Wildman–Crippen MR) is 86.3 cm³/mol. The molecule has 5 nitrogen and oxygen atoms in total. The Morgan fingerprint density at radius 1 is 1.33 bits per heavy atom. The molecule has 0 saturated heterocycles. The Morgan fingerprint density at radius 3 is 2.43 bits per heavy atom. The van der Waals surface area contributed by atoms with Gasteiger partial charge in [0, 0.05) is 15.4 Å². The summed E-state index contributed by atoms with van der Waals surface area (Å²) >= 11 is 6.70. The molecule has 1 aromatic rings. The van der Waals surface area contributed by atoms with Crippen molar-refractivity contribution in [1.29, 1.82) is 0 Å². The van der Waals surface area contributed by atoms with Crippen molar-refractivity contribution in [3.63, 3.8) is 0 Å². The average Bonchev–Trinajstić information content (AvgIpc) is 2.28. The Bertz CT molecular complexity index is 540. The first-order chi connectivity index (χ1) is 9.58. The van der Waals surface area contributed by atoms with Crippen molar-refractivity contribution in [2.24, 2.45) is 0 Å². The molecule has 2 N–H and O–H groups in total. The van der Waals surface area contributed by atoms with Gasteiger partial charge in [0.25, 0.3) is 0 Å². The molecule has 0 aliphatic rings. The number of carbonyl (C=O) groups is 2. The van der Waals surface area contributed by atoms with Crippen LogP contribution in [0.5, 0.6) is 0 Å². The Labute approximate surface area is 140 Å². The van der Waals surface area contributed by atoms with Gasteiger partial charge in [0.15, 0.2) is 0 Å². The number of alkyl carbamates (subject to hydrolysis) is 1. The number of aliphatic carboxylic acids is 1. The van der Waals surface area contributed by atoms with E-state index in [1.165, 1.54) is 0 Å². The van der Waals surface area contributed by atoms with Crippen LogP contribution in [0.3, 0.4) is 0 Å². The fourth-order valence-electron chi connectivity index (χ4n) is 1.56. The molecule has 0 fully saturated rings. The van der Waals surface area contributed by atoms with Crippen LogP contribution in [0, 0.1) is 0 Å². The van der Waals surface area contributed by atoms with Gasteiger partial charge in [0.2, 0.25) is 0 Å². The number of nitrogens with one attached hydrogen (secondary N) is 1. The molecule has 21 heavy (non-hydrogen) atoms. The normalized spacial score (nSPS) is 12.6. The van der Waals surface area contributed by atoms with Gasteiger partial charge in [-0.2, -0.15) is 0 Å². The minimum absolute atomic E-state index is 0.155. The second-order valence-electron chi connectivity index (χ2n) is 5.48. The van der Waals surface area contributed by atoms with Gasteiger partial charge in [0.05, 0.1) is 0 Å². The first-order valence-corrected chi connectivity index (χ1v) is 7.83. The number of amides is 1. The van der Waals surface area contributed by atoms with E-state index >= 15 is 0 Å². The van der Waals surface area contributed by atoms with Crippen LogP contribution >= 0.6 is 31.9 Å². The van der Waals surface area contributed by atoms with E-state index in [4.69, 9.17) is 4.74 Å². The summed E-state index contributed by atoms with van der Waals surface area (Å²) in [6.45, 7) is 5.15. The standard InChI is InChI=1S/C14H17Br2NO4/c1-14(2,3)21-13(20)17-11(12(18)19)6-8-4-5-9(15)7-10(8)16/h4-5,7,11H,6H2,1-3H3,(H,17,20)(H,18,19)/t11-/m0/s1. The van der Waals surface area contributed by atoms with Crippen LogP contribution in [0.15, 0.2) is 27.1 Å². The third-order valence-electron chi connectivity index (χ3n) is 2.43. The lowest BCUT2D eigenvalue weighted by atomic mass is 10.1. The van der Waals surface area contributed by atoms with Gasteiger partial charge in [0.1, 0.15) is 11.6 Å². The minimum Gasteiger partial charge on any atom is -0.480 e. The lowest BCUT2D eigenvalue weighted by Gasteiger charge is -2.22. The summed E-state index contributed by atoms with van der Waals surface area (Å²) in [5.74, 6) is -1.12. The summed E-state index contributed by atoms with van der Waals surface area (Å²) in [6, 6.07) is 4.37. The Kier molecular flexibility index (Phi) is 6.22. The van der Waals surface area contributed by atoms with Crippen LogP contribution < -0.4 is 5.32 Å². The van der Waals surface area contributed by atoms with Gasteiger partial charge >= 0.3 is 12.1 Å². The van der Waals surface area contributed by atoms with E-state index in [-0.39, 0.29) is 6.42 Å². The van der Waals surface area contributed by atoms with Crippen LogP contribution in [-0.2, 0) is 16.0 Å². The third-order valence-corrected chi connectivity index (χ3v) is 3.66. The fourth-order valence-corrected chi connectivity index (χ4v) is 2.77. The van der Waals surface area contributed by atoms with E-state index in [0.717, 1.165) is 14.5 Å². The molecule has 0 radical (unpaired) electrons. The molecule has 0 bridgehead atoms. The molecule has 0 saturated carbocycles. The first kappa shape index (κ1) is 18.0. The molecule has 7 heteroatoms. The number of hydrogen-bond acceptors (Lipinski definition) is 3. The minimum atomic E-state index is -1.12. The quantitative estimate of drug-likeness (QED) is 0.774. The van der Waals surface area contributed by atoms with E-state index in [2.05, 4.69) is 37.2 Å². The molecule has 0 aliphatic heterocycles. The van der Waals surface area contributed by atoms with Crippen molar-refractivity contribution < 1.29 is 19.4 Å². The first-order valence-electron chi connectivity index (χ1n) is 6.25. The van der Waals surface area contributed by atoms with E-state index in [9.17, 15) is 14.7 Å². The molecule has 0 unspecified atom stereocenters. The zero-order valence-corrected chi connectivity index (χ0v) is 15.1. The monoisotopic (exact) mass is 421 g/mol. The van der Waals surface area contributed by atoms with Crippen LogP contribution in [-0.4, -0.2) is 28.8 Å². The van der Waals surface area contributed by atoms with Crippen molar-refractivity contribution >= 4 is 43.9 Å². The molecule has 0 aliphatic carbocycles. The number of halogens is 2. The number of benzene rings is 1. The molecular formula is C14H17Br2NO4. The number of rotatable bonds is 4. The Hall–Kier alpha value is -1.08. The molecule has 1 amide bonds. The molecule has 0 spiro atoms. The average molecular weight is 423 g/mol. The summed E-state index contributed by atoms with van der Waals surface area (Å²) in [7, 11) is 0. The predicted octanol–water partition coefficient (Wildman–Crippen LogP) is 3.73. The van der Waals surface area contributed by atoms with Crippen molar-refractivity contribution in [2.45, 2.75) is 38.8 Å². The van der Waals surface area contributed by atoms with Crippen molar-refractivity contribution in [2.75, 3.05) is 0 Å². The lowest BCUT2D eigenvalue weighted by molar-refractivity contribution is -0.139. The molecule has 1 rings (SSSR count). The van der Waals surface area contributed by atoms with Gasteiger partial charge in [-0.15, -0.1) is 0 Å². The van der Waals surface area contributed by atoms with E-state index < -0.39 is 23.7 Å². The molecule has 0 aromatic heterocycles. The van der Waals surface area contributed by atoms with Crippen LogP contribution in [0.25, 0.3) is 0 Å². The molecule has 1 atom stereocenters. The van der Waals surface area contributed by atoms with Gasteiger partial charge in [-0.3, -0.25) is 0 Å². The number of carboxylic acid groups (broad SMARTS) is 1. The molecule has 116 valence electrons. The zero-order valence-electron chi connectivity index (χ0n) is 11.9.